The number of rotatable bonds is 4. The summed E-state index contributed by atoms with van der Waals surface area (Å²) in [7, 11) is 0. The van der Waals surface area contributed by atoms with Crippen molar-refractivity contribution in [1.82, 2.24) is 9.97 Å². The molecular weight excluding hydrogens is 278 g/mol. The second-order valence-electron chi connectivity index (χ2n) is 5.37. The van der Waals surface area contributed by atoms with Crippen LogP contribution in [0.2, 0.25) is 0 Å². The van der Waals surface area contributed by atoms with Crippen LogP contribution in [-0.2, 0) is 0 Å². The predicted octanol–water partition coefficient (Wildman–Crippen LogP) is 4.05. The number of aromatic nitrogens is 2. The van der Waals surface area contributed by atoms with Crippen molar-refractivity contribution in [3.05, 3.63) is 59.7 Å². The van der Waals surface area contributed by atoms with E-state index in [9.17, 15) is 0 Å². The highest BCUT2D eigenvalue weighted by molar-refractivity contribution is 7.99. The fourth-order valence-electron chi connectivity index (χ4n) is 2.43. The first-order valence-corrected chi connectivity index (χ1v) is 7.95. The topological polar surface area (TPSA) is 54.7 Å². The second-order valence-corrected chi connectivity index (χ2v) is 6.50. The van der Waals surface area contributed by atoms with Gasteiger partial charge in [0.2, 0.25) is 0 Å². The molecule has 0 aliphatic carbocycles. The highest BCUT2D eigenvalue weighted by Gasteiger charge is 2.19. The van der Waals surface area contributed by atoms with Gasteiger partial charge in [-0.2, -0.15) is 0 Å². The average Bonchev–Trinajstić information content (AvgIpc) is 2.87. The number of H-pyrrole nitrogens is 1. The highest BCUT2D eigenvalue weighted by atomic mass is 32.2. The Bertz CT molecular complexity index is 715. The molecular formula is C17H19N3S. The predicted molar refractivity (Wildman–Crippen MR) is 89.5 cm³/mol. The second kappa shape index (κ2) is 5.92. The number of thioether (sulfide) groups is 1. The number of para-hydroxylation sites is 2. The van der Waals surface area contributed by atoms with Crippen LogP contribution in [0.4, 0.5) is 0 Å². The zero-order valence-electron chi connectivity index (χ0n) is 12.2. The molecule has 21 heavy (non-hydrogen) atoms. The van der Waals surface area contributed by atoms with E-state index in [-0.39, 0.29) is 11.3 Å². The smallest absolute Gasteiger partial charge is 0.167 e. The van der Waals surface area contributed by atoms with Crippen LogP contribution in [0.3, 0.4) is 0 Å². The van der Waals surface area contributed by atoms with E-state index in [0.29, 0.717) is 0 Å². The zero-order valence-corrected chi connectivity index (χ0v) is 13.0. The minimum Gasteiger partial charge on any atom is -0.333 e. The zero-order chi connectivity index (χ0) is 14.8. The normalized spacial score (nSPS) is 14.2. The molecule has 2 aromatic carbocycles. The third-order valence-electron chi connectivity index (χ3n) is 3.45. The monoisotopic (exact) mass is 297 g/mol. The van der Waals surface area contributed by atoms with E-state index >= 15 is 0 Å². The maximum Gasteiger partial charge on any atom is 0.167 e. The van der Waals surface area contributed by atoms with Crippen LogP contribution in [0.25, 0.3) is 11.0 Å². The standard InChI is InChI=1S/C17H19N3S/c1-11-6-5-7-13(10-11)16(12(2)18)21-17-19-14-8-3-4-9-15(14)20-17/h3-10,12,16H,18H2,1-2H3,(H,19,20). The van der Waals surface area contributed by atoms with Crippen molar-refractivity contribution >= 4 is 22.8 Å². The molecule has 2 unspecified atom stereocenters. The summed E-state index contributed by atoms with van der Waals surface area (Å²) in [6.45, 7) is 4.15. The molecule has 0 aliphatic rings. The van der Waals surface area contributed by atoms with E-state index in [4.69, 9.17) is 5.73 Å². The summed E-state index contributed by atoms with van der Waals surface area (Å²) in [5.41, 5.74) is 10.8. The number of nitrogens with zero attached hydrogens (tertiary/aromatic N) is 1. The van der Waals surface area contributed by atoms with Crippen LogP contribution in [0.5, 0.6) is 0 Å². The number of benzene rings is 2. The molecule has 0 aliphatic heterocycles. The van der Waals surface area contributed by atoms with Crippen molar-refractivity contribution < 1.29 is 0 Å². The van der Waals surface area contributed by atoms with Crippen molar-refractivity contribution in [2.75, 3.05) is 0 Å². The summed E-state index contributed by atoms with van der Waals surface area (Å²) < 4.78 is 0. The minimum atomic E-state index is 0.0463. The first kappa shape index (κ1) is 14.2. The third kappa shape index (κ3) is 3.12. The van der Waals surface area contributed by atoms with Crippen LogP contribution >= 0.6 is 11.8 Å². The lowest BCUT2D eigenvalue weighted by Gasteiger charge is -2.20. The summed E-state index contributed by atoms with van der Waals surface area (Å²) in [6.07, 6.45) is 0. The molecule has 3 nitrogen and oxygen atoms in total. The largest absolute Gasteiger partial charge is 0.333 e. The number of nitrogens with two attached hydrogens (primary N) is 1. The summed E-state index contributed by atoms with van der Waals surface area (Å²) in [6, 6.07) is 16.6. The van der Waals surface area contributed by atoms with E-state index in [2.05, 4.69) is 41.2 Å². The van der Waals surface area contributed by atoms with Gasteiger partial charge in [0.05, 0.1) is 16.3 Å². The molecule has 2 atom stereocenters. The van der Waals surface area contributed by atoms with E-state index in [0.717, 1.165) is 16.2 Å². The maximum absolute atomic E-state index is 6.20. The molecule has 0 fully saturated rings. The van der Waals surface area contributed by atoms with E-state index < -0.39 is 0 Å². The van der Waals surface area contributed by atoms with Gasteiger partial charge in [-0.25, -0.2) is 4.98 Å². The van der Waals surface area contributed by atoms with Gasteiger partial charge in [0.25, 0.3) is 0 Å². The van der Waals surface area contributed by atoms with Gasteiger partial charge in [-0.15, -0.1) is 0 Å². The van der Waals surface area contributed by atoms with Gasteiger partial charge in [0.15, 0.2) is 5.16 Å². The van der Waals surface area contributed by atoms with Crippen molar-refractivity contribution in [1.29, 1.82) is 0 Å². The summed E-state index contributed by atoms with van der Waals surface area (Å²) >= 11 is 1.69. The van der Waals surface area contributed by atoms with E-state index in [1.807, 2.05) is 31.2 Å². The Balaban J connectivity index is 1.91. The SMILES string of the molecule is Cc1cccc(C(Sc2nc3ccccc3[nH]2)C(C)N)c1. The number of aryl methyl sites for hydroxylation is 1. The molecule has 0 saturated carbocycles. The van der Waals surface area contributed by atoms with Gasteiger partial charge < -0.3 is 10.7 Å². The molecule has 1 heterocycles. The Morgan fingerprint density at radius 1 is 1.14 bits per heavy atom. The fourth-order valence-corrected chi connectivity index (χ4v) is 3.49. The fraction of sp³-hybridized carbons (Fsp3) is 0.235. The van der Waals surface area contributed by atoms with Crippen LogP contribution in [0.1, 0.15) is 23.3 Å². The molecule has 1 aromatic heterocycles. The molecule has 108 valence electrons. The van der Waals surface area contributed by atoms with Crippen LogP contribution in [0, 0.1) is 6.92 Å². The molecule has 0 bridgehead atoms. The highest BCUT2D eigenvalue weighted by Crippen LogP contribution is 2.36. The van der Waals surface area contributed by atoms with Crippen molar-refractivity contribution in [3.8, 4) is 0 Å². The molecule has 3 aromatic rings. The third-order valence-corrected chi connectivity index (χ3v) is 4.83. The Kier molecular flexibility index (Phi) is 3.99. The van der Waals surface area contributed by atoms with E-state index in [1.165, 1.54) is 11.1 Å². The Labute approximate surface area is 129 Å². The Hall–Kier alpha value is -1.78. The number of nitrogens with one attached hydrogen (secondary N) is 1. The van der Waals surface area contributed by atoms with Gasteiger partial charge in [-0.1, -0.05) is 53.7 Å². The van der Waals surface area contributed by atoms with Gasteiger partial charge in [0, 0.05) is 6.04 Å². The Morgan fingerprint density at radius 3 is 2.67 bits per heavy atom. The van der Waals surface area contributed by atoms with E-state index in [1.54, 1.807) is 11.8 Å². The van der Waals surface area contributed by atoms with Gasteiger partial charge in [-0.05, 0) is 31.5 Å². The van der Waals surface area contributed by atoms with Crippen molar-refractivity contribution in [3.63, 3.8) is 0 Å². The first-order valence-electron chi connectivity index (χ1n) is 7.07. The quantitative estimate of drug-likeness (QED) is 0.714. The number of hydrogen-bond acceptors (Lipinski definition) is 3. The lowest BCUT2D eigenvalue weighted by atomic mass is 10.0. The maximum atomic E-state index is 6.20. The summed E-state index contributed by atoms with van der Waals surface area (Å²) in [5.74, 6) is 0. The van der Waals surface area contributed by atoms with Gasteiger partial charge in [0.1, 0.15) is 0 Å². The molecule has 3 rings (SSSR count). The van der Waals surface area contributed by atoms with Crippen molar-refractivity contribution in [2.24, 2.45) is 5.73 Å². The number of fused-ring (bicyclic) bond motifs is 1. The molecule has 0 spiro atoms. The molecule has 3 N–H and O–H groups in total. The molecule has 0 saturated heterocycles. The molecule has 0 radical (unpaired) electrons. The van der Waals surface area contributed by atoms with Crippen LogP contribution in [0.15, 0.2) is 53.7 Å². The Morgan fingerprint density at radius 2 is 1.95 bits per heavy atom. The summed E-state index contributed by atoms with van der Waals surface area (Å²) in [4.78, 5) is 8.00. The average molecular weight is 297 g/mol. The lowest BCUT2D eigenvalue weighted by molar-refractivity contribution is 0.718. The molecule has 0 amide bonds. The molecule has 4 heteroatoms. The van der Waals surface area contributed by atoms with Crippen LogP contribution < -0.4 is 5.73 Å². The first-order chi connectivity index (χ1) is 10.1. The number of imidazole rings is 1. The number of aromatic amines is 1. The minimum absolute atomic E-state index is 0.0463. The van der Waals surface area contributed by atoms with Crippen LogP contribution in [-0.4, -0.2) is 16.0 Å². The van der Waals surface area contributed by atoms with Gasteiger partial charge in [-0.3, -0.25) is 0 Å². The number of hydrogen-bond donors (Lipinski definition) is 2. The van der Waals surface area contributed by atoms with Gasteiger partial charge >= 0.3 is 0 Å². The summed E-state index contributed by atoms with van der Waals surface area (Å²) in [5, 5.41) is 1.10. The van der Waals surface area contributed by atoms with Crippen molar-refractivity contribution in [2.45, 2.75) is 30.3 Å². The lowest BCUT2D eigenvalue weighted by Crippen LogP contribution is -2.22.